The minimum atomic E-state index is -0.579. The number of para-hydroxylation sites is 2. The van der Waals surface area contributed by atoms with E-state index in [1.807, 2.05) is 31.2 Å². The van der Waals surface area contributed by atoms with Crippen LogP contribution in [0.15, 0.2) is 48.5 Å². The molecule has 2 aromatic rings. The van der Waals surface area contributed by atoms with Gasteiger partial charge in [0.25, 0.3) is 5.91 Å². The molecule has 1 amide bonds. The molecule has 5 nitrogen and oxygen atoms in total. The van der Waals surface area contributed by atoms with E-state index in [4.69, 9.17) is 25.8 Å². The van der Waals surface area contributed by atoms with Gasteiger partial charge >= 0.3 is 0 Å². The smallest absolute Gasteiger partial charge is 0.261 e. The van der Waals surface area contributed by atoms with Crippen LogP contribution in [0, 0.1) is 0 Å². The van der Waals surface area contributed by atoms with Crippen LogP contribution in [-0.4, -0.2) is 32.3 Å². The lowest BCUT2D eigenvalue weighted by Crippen LogP contribution is -2.39. The van der Waals surface area contributed by atoms with Gasteiger partial charge in [-0.05, 0) is 36.8 Å². The molecule has 2 aromatic carbocycles. The second kappa shape index (κ2) is 9.79. The van der Waals surface area contributed by atoms with E-state index < -0.39 is 6.10 Å². The van der Waals surface area contributed by atoms with Crippen LogP contribution in [0.25, 0.3) is 0 Å². The number of hydrogen-bond acceptors (Lipinski definition) is 4. The van der Waals surface area contributed by atoms with E-state index in [2.05, 4.69) is 5.32 Å². The molecular formula is C19H22ClNO4. The van der Waals surface area contributed by atoms with Gasteiger partial charge < -0.3 is 19.5 Å². The Kier molecular flexibility index (Phi) is 7.41. The van der Waals surface area contributed by atoms with Crippen molar-refractivity contribution in [3.05, 3.63) is 53.6 Å². The summed E-state index contributed by atoms with van der Waals surface area (Å²) in [5.74, 6) is 1.68. The van der Waals surface area contributed by atoms with Gasteiger partial charge in [-0.25, -0.2) is 0 Å². The molecule has 0 spiro atoms. The number of halogens is 1. The van der Waals surface area contributed by atoms with Crippen LogP contribution in [0.1, 0.15) is 13.3 Å². The third kappa shape index (κ3) is 5.87. The van der Waals surface area contributed by atoms with Crippen molar-refractivity contribution in [2.75, 3.05) is 20.3 Å². The van der Waals surface area contributed by atoms with E-state index in [0.717, 1.165) is 0 Å². The van der Waals surface area contributed by atoms with Gasteiger partial charge in [-0.15, -0.1) is 0 Å². The fourth-order valence-corrected chi connectivity index (χ4v) is 2.39. The number of nitrogens with one attached hydrogen (secondary N) is 1. The van der Waals surface area contributed by atoms with Gasteiger partial charge in [0, 0.05) is 5.02 Å². The van der Waals surface area contributed by atoms with Crippen molar-refractivity contribution in [2.45, 2.75) is 19.4 Å². The summed E-state index contributed by atoms with van der Waals surface area (Å²) in [5, 5.41) is 3.38. The first kappa shape index (κ1) is 18.9. The molecule has 0 aliphatic carbocycles. The predicted octanol–water partition coefficient (Wildman–Crippen LogP) is 3.70. The maximum absolute atomic E-state index is 12.2. The predicted molar refractivity (Wildman–Crippen MR) is 97.7 cm³/mol. The highest BCUT2D eigenvalue weighted by Gasteiger charge is 2.18. The molecule has 1 N–H and O–H groups in total. The zero-order chi connectivity index (χ0) is 18.1. The number of hydrogen-bond donors (Lipinski definition) is 1. The molecule has 1 atom stereocenters. The Hall–Kier alpha value is -2.40. The molecule has 0 unspecified atom stereocenters. The highest BCUT2D eigenvalue weighted by atomic mass is 35.5. The van der Waals surface area contributed by atoms with Gasteiger partial charge in [0.05, 0.1) is 13.7 Å². The second-order valence-corrected chi connectivity index (χ2v) is 5.70. The Labute approximate surface area is 152 Å². The summed E-state index contributed by atoms with van der Waals surface area (Å²) in [4.78, 5) is 12.2. The molecule has 6 heteroatoms. The first-order valence-corrected chi connectivity index (χ1v) is 8.47. The molecule has 0 aromatic heterocycles. The monoisotopic (exact) mass is 363 g/mol. The molecule has 25 heavy (non-hydrogen) atoms. The van der Waals surface area contributed by atoms with Crippen molar-refractivity contribution in [2.24, 2.45) is 0 Å². The minimum Gasteiger partial charge on any atom is -0.493 e. The van der Waals surface area contributed by atoms with Gasteiger partial charge in [-0.3, -0.25) is 4.79 Å². The summed E-state index contributed by atoms with van der Waals surface area (Å²) < 4.78 is 16.5. The number of benzene rings is 2. The maximum Gasteiger partial charge on any atom is 0.261 e. The van der Waals surface area contributed by atoms with E-state index in [9.17, 15) is 4.79 Å². The van der Waals surface area contributed by atoms with Gasteiger partial charge in [-0.2, -0.15) is 0 Å². The zero-order valence-corrected chi connectivity index (χ0v) is 15.1. The van der Waals surface area contributed by atoms with Crippen LogP contribution >= 0.6 is 11.6 Å². The highest BCUT2D eigenvalue weighted by Crippen LogP contribution is 2.25. The lowest BCUT2D eigenvalue weighted by atomic mass is 10.2. The zero-order valence-electron chi connectivity index (χ0n) is 14.3. The van der Waals surface area contributed by atoms with Crippen molar-refractivity contribution in [3.63, 3.8) is 0 Å². The Morgan fingerprint density at radius 3 is 2.60 bits per heavy atom. The van der Waals surface area contributed by atoms with Gasteiger partial charge in [-0.1, -0.05) is 36.7 Å². The van der Waals surface area contributed by atoms with Crippen LogP contribution < -0.4 is 19.5 Å². The molecule has 0 saturated heterocycles. The highest BCUT2D eigenvalue weighted by molar-refractivity contribution is 6.30. The van der Waals surface area contributed by atoms with Gasteiger partial charge in [0.15, 0.2) is 17.6 Å². The summed E-state index contributed by atoms with van der Waals surface area (Å²) in [5.41, 5.74) is 0. The Morgan fingerprint density at radius 2 is 1.92 bits per heavy atom. The van der Waals surface area contributed by atoms with E-state index in [1.54, 1.807) is 31.4 Å². The average molecular weight is 364 g/mol. The van der Waals surface area contributed by atoms with Crippen molar-refractivity contribution >= 4 is 17.5 Å². The molecule has 0 saturated carbocycles. The molecule has 0 heterocycles. The minimum absolute atomic E-state index is 0.189. The Balaban J connectivity index is 1.80. The van der Waals surface area contributed by atoms with E-state index in [1.165, 1.54) is 0 Å². The Morgan fingerprint density at radius 1 is 1.16 bits per heavy atom. The number of methoxy groups -OCH3 is 1. The lowest BCUT2D eigenvalue weighted by Gasteiger charge is -2.17. The largest absolute Gasteiger partial charge is 0.493 e. The lowest BCUT2D eigenvalue weighted by molar-refractivity contribution is -0.128. The SMILES string of the molecule is CC[C@@H](Oc1cccc(Cl)c1)C(=O)NCCOc1ccccc1OC. The molecular weight excluding hydrogens is 342 g/mol. The first-order valence-electron chi connectivity index (χ1n) is 8.09. The topological polar surface area (TPSA) is 56.8 Å². The summed E-state index contributed by atoms with van der Waals surface area (Å²) in [6, 6.07) is 14.4. The number of carbonyl (C=O) groups is 1. The van der Waals surface area contributed by atoms with E-state index in [0.29, 0.717) is 41.8 Å². The standard InChI is InChI=1S/C19H22ClNO4/c1-3-16(25-15-8-6-7-14(20)13-15)19(22)21-11-12-24-18-10-5-4-9-17(18)23-2/h4-10,13,16H,3,11-12H2,1-2H3,(H,21,22)/t16-/m1/s1. The third-order valence-corrected chi connectivity index (χ3v) is 3.70. The normalized spacial score (nSPS) is 11.5. The maximum atomic E-state index is 12.2. The van der Waals surface area contributed by atoms with Crippen molar-refractivity contribution in [1.29, 1.82) is 0 Å². The Bertz CT molecular complexity index is 693. The molecule has 2 rings (SSSR count). The summed E-state index contributed by atoms with van der Waals surface area (Å²) in [6.45, 7) is 2.59. The summed E-state index contributed by atoms with van der Waals surface area (Å²) in [6.07, 6.45) is -0.0316. The summed E-state index contributed by atoms with van der Waals surface area (Å²) in [7, 11) is 1.59. The van der Waals surface area contributed by atoms with Crippen LogP contribution in [0.2, 0.25) is 5.02 Å². The number of amides is 1. The molecule has 0 bridgehead atoms. The number of rotatable bonds is 9. The van der Waals surface area contributed by atoms with Crippen LogP contribution in [-0.2, 0) is 4.79 Å². The van der Waals surface area contributed by atoms with Crippen molar-refractivity contribution < 1.29 is 19.0 Å². The fraction of sp³-hybridized carbons (Fsp3) is 0.316. The van der Waals surface area contributed by atoms with E-state index >= 15 is 0 Å². The molecule has 0 aliphatic rings. The number of ether oxygens (including phenoxy) is 3. The van der Waals surface area contributed by atoms with E-state index in [-0.39, 0.29) is 5.91 Å². The van der Waals surface area contributed by atoms with Gasteiger partial charge in [0.1, 0.15) is 12.4 Å². The van der Waals surface area contributed by atoms with Gasteiger partial charge in [0.2, 0.25) is 0 Å². The van der Waals surface area contributed by atoms with Crippen LogP contribution in [0.3, 0.4) is 0 Å². The fourth-order valence-electron chi connectivity index (χ4n) is 2.21. The molecule has 0 fully saturated rings. The van der Waals surface area contributed by atoms with Crippen molar-refractivity contribution in [1.82, 2.24) is 5.32 Å². The quantitative estimate of drug-likeness (QED) is 0.690. The average Bonchev–Trinajstić information content (AvgIpc) is 2.63. The van der Waals surface area contributed by atoms with Crippen LogP contribution in [0.4, 0.5) is 0 Å². The first-order chi connectivity index (χ1) is 12.1. The third-order valence-electron chi connectivity index (χ3n) is 3.47. The van der Waals surface area contributed by atoms with Crippen LogP contribution in [0.5, 0.6) is 17.2 Å². The molecule has 0 radical (unpaired) electrons. The molecule has 134 valence electrons. The molecule has 0 aliphatic heterocycles. The van der Waals surface area contributed by atoms with Crippen molar-refractivity contribution in [3.8, 4) is 17.2 Å². The summed E-state index contributed by atoms with van der Waals surface area (Å²) >= 11 is 5.93. The number of carbonyl (C=O) groups excluding carboxylic acids is 1. The second-order valence-electron chi connectivity index (χ2n) is 5.26.